The summed E-state index contributed by atoms with van der Waals surface area (Å²) in [6, 6.07) is 21.6. The topological polar surface area (TPSA) is 53.5 Å². The molecule has 170 valence electrons. The molecule has 1 saturated heterocycles. The molecule has 1 aromatic heterocycles. The van der Waals surface area contributed by atoms with Crippen molar-refractivity contribution in [3.05, 3.63) is 90.3 Å². The third-order valence-electron chi connectivity index (χ3n) is 6.63. The molecule has 2 amide bonds. The van der Waals surface area contributed by atoms with Crippen LogP contribution in [-0.2, 0) is 11.2 Å². The van der Waals surface area contributed by atoms with Crippen LogP contribution < -0.4 is 0 Å². The van der Waals surface area contributed by atoms with E-state index in [4.69, 9.17) is 0 Å². The summed E-state index contributed by atoms with van der Waals surface area (Å²) in [7, 11) is 0. The Kier molecular flexibility index (Phi) is 6.87. The average Bonchev–Trinajstić information content (AvgIpc) is 3.30. The van der Waals surface area contributed by atoms with Crippen molar-refractivity contribution in [2.75, 3.05) is 26.2 Å². The fourth-order valence-corrected chi connectivity index (χ4v) is 4.83. The number of benzene rings is 2. The van der Waals surface area contributed by atoms with Gasteiger partial charge >= 0.3 is 0 Å². The number of aromatic nitrogens is 1. The highest BCUT2D eigenvalue weighted by molar-refractivity contribution is 5.95. The van der Waals surface area contributed by atoms with Gasteiger partial charge < -0.3 is 9.80 Å². The molecule has 5 nitrogen and oxygen atoms in total. The summed E-state index contributed by atoms with van der Waals surface area (Å²) in [6.45, 7) is 6.38. The number of nitrogens with zero attached hydrogens (tertiary/aromatic N) is 3. The van der Waals surface area contributed by atoms with Crippen LogP contribution in [0.1, 0.15) is 36.2 Å². The maximum atomic E-state index is 13.8. The minimum Gasteiger partial charge on any atom is -0.343 e. The summed E-state index contributed by atoms with van der Waals surface area (Å²) < 4.78 is 0. The predicted octanol–water partition coefficient (Wildman–Crippen LogP) is 4.69. The SMILES string of the molecule is CCN(CC)C(=O)C1(Cc2cccc(-c3cccnc3)c2)CCN(C(=O)c2ccccc2)C1. The molecule has 3 aromatic rings. The van der Waals surface area contributed by atoms with Gasteiger partial charge in [-0.15, -0.1) is 0 Å². The second-order valence-electron chi connectivity index (χ2n) is 8.72. The van der Waals surface area contributed by atoms with Crippen LogP contribution >= 0.6 is 0 Å². The van der Waals surface area contributed by atoms with Crippen LogP contribution in [0.2, 0.25) is 0 Å². The lowest BCUT2D eigenvalue weighted by molar-refractivity contribution is -0.141. The van der Waals surface area contributed by atoms with Gasteiger partial charge in [-0.25, -0.2) is 0 Å². The summed E-state index contributed by atoms with van der Waals surface area (Å²) in [5.41, 5.74) is 3.29. The third-order valence-corrected chi connectivity index (χ3v) is 6.63. The lowest BCUT2D eigenvalue weighted by Gasteiger charge is -2.34. The molecule has 0 N–H and O–H groups in total. The van der Waals surface area contributed by atoms with Crippen LogP contribution in [0.15, 0.2) is 79.1 Å². The highest BCUT2D eigenvalue weighted by atomic mass is 16.2. The molecule has 0 radical (unpaired) electrons. The summed E-state index contributed by atoms with van der Waals surface area (Å²) >= 11 is 0. The van der Waals surface area contributed by atoms with E-state index in [0.29, 0.717) is 44.6 Å². The first-order valence-corrected chi connectivity index (χ1v) is 11.7. The number of pyridine rings is 1. The van der Waals surface area contributed by atoms with Crippen LogP contribution in [-0.4, -0.2) is 52.8 Å². The van der Waals surface area contributed by atoms with Gasteiger partial charge in [-0.2, -0.15) is 0 Å². The molecule has 1 atom stereocenters. The van der Waals surface area contributed by atoms with Gasteiger partial charge in [0.25, 0.3) is 5.91 Å². The smallest absolute Gasteiger partial charge is 0.253 e. The predicted molar refractivity (Wildman–Crippen MR) is 131 cm³/mol. The van der Waals surface area contributed by atoms with Gasteiger partial charge in [-0.3, -0.25) is 14.6 Å². The molecule has 4 rings (SSSR count). The first kappa shape index (κ1) is 22.7. The van der Waals surface area contributed by atoms with E-state index in [1.165, 1.54) is 0 Å². The van der Waals surface area contributed by atoms with Gasteiger partial charge in [0.1, 0.15) is 0 Å². The van der Waals surface area contributed by atoms with E-state index in [-0.39, 0.29) is 11.8 Å². The third kappa shape index (κ3) is 4.82. The number of rotatable bonds is 7. The molecule has 1 aliphatic heterocycles. The van der Waals surface area contributed by atoms with Crippen LogP contribution in [0, 0.1) is 5.41 Å². The van der Waals surface area contributed by atoms with Gasteiger partial charge in [0.05, 0.1) is 5.41 Å². The molecular formula is C28H31N3O2. The van der Waals surface area contributed by atoms with Crippen LogP contribution in [0.4, 0.5) is 0 Å². The summed E-state index contributed by atoms with van der Waals surface area (Å²) in [4.78, 5) is 34.9. The second kappa shape index (κ2) is 9.99. The Balaban J connectivity index is 1.64. The van der Waals surface area contributed by atoms with Crippen molar-refractivity contribution >= 4 is 11.8 Å². The summed E-state index contributed by atoms with van der Waals surface area (Å²) in [5.74, 6) is 0.136. The Morgan fingerprint density at radius 3 is 2.42 bits per heavy atom. The van der Waals surface area contributed by atoms with Crippen LogP contribution in [0.25, 0.3) is 11.1 Å². The maximum Gasteiger partial charge on any atom is 0.253 e. The van der Waals surface area contributed by atoms with Crippen molar-refractivity contribution in [2.45, 2.75) is 26.7 Å². The highest BCUT2D eigenvalue weighted by Crippen LogP contribution is 2.37. The molecule has 0 saturated carbocycles. The van der Waals surface area contributed by atoms with E-state index >= 15 is 0 Å². The summed E-state index contributed by atoms with van der Waals surface area (Å²) in [5, 5.41) is 0. The molecule has 1 unspecified atom stereocenters. The van der Waals surface area contributed by atoms with Crippen molar-refractivity contribution in [3.8, 4) is 11.1 Å². The van der Waals surface area contributed by atoms with Crippen LogP contribution in [0.5, 0.6) is 0 Å². The lowest BCUT2D eigenvalue weighted by Crippen LogP contribution is -2.47. The van der Waals surface area contributed by atoms with Crippen molar-refractivity contribution in [1.29, 1.82) is 0 Å². The Morgan fingerprint density at radius 1 is 0.970 bits per heavy atom. The largest absolute Gasteiger partial charge is 0.343 e. The molecular weight excluding hydrogens is 410 g/mol. The highest BCUT2D eigenvalue weighted by Gasteiger charge is 2.47. The zero-order valence-electron chi connectivity index (χ0n) is 19.4. The molecule has 5 heteroatoms. The number of likely N-dealkylation sites (tertiary alicyclic amines) is 1. The summed E-state index contributed by atoms with van der Waals surface area (Å²) in [6.07, 6.45) is 4.89. The Bertz CT molecular complexity index is 1100. The number of carbonyl (C=O) groups is 2. The second-order valence-corrected chi connectivity index (χ2v) is 8.72. The van der Waals surface area contributed by atoms with Gasteiger partial charge in [-0.05, 0) is 61.6 Å². The van der Waals surface area contributed by atoms with Crippen LogP contribution in [0.3, 0.4) is 0 Å². The van der Waals surface area contributed by atoms with Gasteiger partial charge in [-0.1, -0.05) is 48.5 Å². The molecule has 33 heavy (non-hydrogen) atoms. The number of amides is 2. The van der Waals surface area contributed by atoms with Crippen molar-refractivity contribution in [2.24, 2.45) is 5.41 Å². The number of hydrogen-bond donors (Lipinski definition) is 0. The monoisotopic (exact) mass is 441 g/mol. The van der Waals surface area contributed by atoms with Gasteiger partial charge in [0.2, 0.25) is 5.91 Å². The molecule has 0 spiro atoms. The molecule has 1 aliphatic rings. The Morgan fingerprint density at radius 2 is 1.73 bits per heavy atom. The molecule has 0 bridgehead atoms. The number of carbonyl (C=O) groups excluding carboxylic acids is 2. The quantitative estimate of drug-likeness (QED) is 0.534. The maximum absolute atomic E-state index is 13.8. The van der Waals surface area contributed by atoms with Crippen molar-refractivity contribution in [1.82, 2.24) is 14.8 Å². The fourth-order valence-electron chi connectivity index (χ4n) is 4.83. The minimum atomic E-state index is -0.621. The van der Waals surface area contributed by atoms with E-state index in [1.54, 1.807) is 6.20 Å². The first-order chi connectivity index (χ1) is 16.1. The zero-order chi connectivity index (χ0) is 23.3. The molecule has 2 heterocycles. The fraction of sp³-hybridized carbons (Fsp3) is 0.321. The van der Waals surface area contributed by atoms with E-state index < -0.39 is 5.41 Å². The normalized spacial score (nSPS) is 17.7. The van der Waals surface area contributed by atoms with E-state index in [0.717, 1.165) is 16.7 Å². The standard InChI is InChI=1S/C28H31N3O2/c1-3-30(4-2)27(33)28(15-17-31(21-28)26(32)23-11-6-5-7-12-23)19-22-10-8-13-24(18-22)25-14-9-16-29-20-25/h5-14,16,18,20H,3-4,15,17,19,21H2,1-2H3. The van der Waals surface area contributed by atoms with Crippen molar-refractivity contribution in [3.63, 3.8) is 0 Å². The lowest BCUT2D eigenvalue weighted by atomic mass is 9.79. The molecule has 1 fully saturated rings. The zero-order valence-corrected chi connectivity index (χ0v) is 19.4. The minimum absolute atomic E-state index is 0.00562. The average molecular weight is 442 g/mol. The first-order valence-electron chi connectivity index (χ1n) is 11.7. The van der Waals surface area contributed by atoms with Gasteiger partial charge in [0.15, 0.2) is 0 Å². The van der Waals surface area contributed by atoms with E-state index in [2.05, 4.69) is 23.2 Å². The number of hydrogen-bond acceptors (Lipinski definition) is 3. The van der Waals surface area contributed by atoms with E-state index in [1.807, 2.05) is 78.4 Å². The molecule has 2 aromatic carbocycles. The Hall–Kier alpha value is -3.47. The molecule has 0 aliphatic carbocycles. The Labute approximate surface area is 196 Å². The van der Waals surface area contributed by atoms with Gasteiger partial charge in [0, 0.05) is 44.1 Å². The van der Waals surface area contributed by atoms with Crippen molar-refractivity contribution < 1.29 is 9.59 Å². The van der Waals surface area contributed by atoms with E-state index in [9.17, 15) is 9.59 Å².